The molecule has 9 heteroatoms. The third-order valence-corrected chi connectivity index (χ3v) is 5.74. The summed E-state index contributed by atoms with van der Waals surface area (Å²) in [6.45, 7) is 5.82. The molecule has 0 radical (unpaired) electrons. The van der Waals surface area contributed by atoms with Crippen LogP contribution in [0, 0.1) is 5.92 Å². The average Bonchev–Trinajstić information content (AvgIpc) is 3.18. The molecule has 1 aromatic heterocycles. The van der Waals surface area contributed by atoms with E-state index < -0.39 is 12.1 Å². The second-order valence-corrected chi connectivity index (χ2v) is 8.37. The van der Waals surface area contributed by atoms with Crippen molar-refractivity contribution in [1.29, 1.82) is 0 Å². The summed E-state index contributed by atoms with van der Waals surface area (Å²) in [5.41, 5.74) is 1.50. The Labute approximate surface area is 200 Å². The predicted octanol–water partition coefficient (Wildman–Crippen LogP) is 1.94. The lowest BCUT2D eigenvalue weighted by Crippen LogP contribution is -2.57. The fourth-order valence-electron chi connectivity index (χ4n) is 3.75. The number of amides is 3. The Morgan fingerprint density at radius 1 is 1.09 bits per heavy atom. The standard InChI is InChI=1S/C24H31N5O3.ClH/c1-15(2)20(28-22(30)16(3)25-4)24(32)29-19(13-18-11-8-12-26-21(18)29)14-27-23(31)17-9-6-5-7-10-17;/h5-12,15-16,19-20,25H,13-14H2,1-4H3,(H,27,31)(H,28,30);1H/t16-,19-,20-;/m0./s1. The highest BCUT2D eigenvalue weighted by atomic mass is 35.5. The summed E-state index contributed by atoms with van der Waals surface area (Å²) < 4.78 is 0. The normalized spacial score (nSPS) is 16.4. The van der Waals surface area contributed by atoms with E-state index >= 15 is 0 Å². The maximum atomic E-state index is 13.7. The van der Waals surface area contributed by atoms with Crippen LogP contribution in [0.1, 0.15) is 36.7 Å². The highest BCUT2D eigenvalue weighted by Gasteiger charge is 2.39. The second kappa shape index (κ2) is 11.8. The highest BCUT2D eigenvalue weighted by Crippen LogP contribution is 2.31. The summed E-state index contributed by atoms with van der Waals surface area (Å²) in [7, 11) is 1.70. The van der Waals surface area contributed by atoms with E-state index in [9.17, 15) is 14.4 Å². The minimum atomic E-state index is -0.710. The fourth-order valence-corrected chi connectivity index (χ4v) is 3.75. The van der Waals surface area contributed by atoms with E-state index in [1.807, 2.05) is 44.2 Å². The molecular weight excluding hydrogens is 442 g/mol. The van der Waals surface area contributed by atoms with Crippen LogP contribution in [-0.4, -0.2) is 54.4 Å². The van der Waals surface area contributed by atoms with E-state index in [0.29, 0.717) is 17.8 Å². The van der Waals surface area contributed by atoms with Crippen molar-refractivity contribution in [3.8, 4) is 0 Å². The first-order chi connectivity index (χ1) is 15.3. The molecule has 0 bridgehead atoms. The van der Waals surface area contributed by atoms with Gasteiger partial charge < -0.3 is 16.0 Å². The van der Waals surface area contributed by atoms with Gasteiger partial charge in [-0.15, -0.1) is 12.4 Å². The van der Waals surface area contributed by atoms with Crippen LogP contribution in [0.15, 0.2) is 48.7 Å². The van der Waals surface area contributed by atoms with Crippen LogP contribution in [0.3, 0.4) is 0 Å². The number of carbonyl (C=O) groups excluding carboxylic acids is 3. The summed E-state index contributed by atoms with van der Waals surface area (Å²) in [5.74, 6) is -0.207. The topological polar surface area (TPSA) is 103 Å². The number of aromatic nitrogens is 1. The van der Waals surface area contributed by atoms with Gasteiger partial charge in [0.1, 0.15) is 11.9 Å². The maximum Gasteiger partial charge on any atom is 0.251 e. The van der Waals surface area contributed by atoms with Crippen LogP contribution in [-0.2, 0) is 16.0 Å². The number of carbonyl (C=O) groups is 3. The van der Waals surface area contributed by atoms with Crippen molar-refractivity contribution in [3.63, 3.8) is 0 Å². The number of benzene rings is 1. The Balaban J connectivity index is 0.00000385. The van der Waals surface area contributed by atoms with Crippen molar-refractivity contribution < 1.29 is 14.4 Å². The zero-order valence-corrected chi connectivity index (χ0v) is 20.2. The molecule has 0 saturated heterocycles. The number of nitrogens with zero attached hydrogens (tertiary/aromatic N) is 2. The quantitative estimate of drug-likeness (QED) is 0.543. The Kier molecular flexibility index (Phi) is 9.37. The van der Waals surface area contributed by atoms with Gasteiger partial charge in [-0.05, 0) is 50.1 Å². The first-order valence-electron chi connectivity index (χ1n) is 10.9. The molecular formula is C24H32ClN5O3. The van der Waals surface area contributed by atoms with Gasteiger partial charge in [0.15, 0.2) is 0 Å². The average molecular weight is 474 g/mol. The lowest BCUT2D eigenvalue weighted by Gasteiger charge is -2.31. The van der Waals surface area contributed by atoms with Crippen molar-refractivity contribution in [2.75, 3.05) is 18.5 Å². The summed E-state index contributed by atoms with van der Waals surface area (Å²) in [5, 5.41) is 8.71. The lowest BCUT2D eigenvalue weighted by atomic mass is 10.0. The third-order valence-electron chi connectivity index (χ3n) is 5.74. The third kappa shape index (κ3) is 6.09. The SMILES string of the molecule is CN[C@@H](C)C(=O)N[C@H](C(=O)N1c2ncccc2C[C@H]1CNC(=O)c1ccccc1)C(C)C.Cl. The van der Waals surface area contributed by atoms with Crippen molar-refractivity contribution in [2.24, 2.45) is 5.92 Å². The molecule has 1 aromatic carbocycles. The molecule has 33 heavy (non-hydrogen) atoms. The van der Waals surface area contributed by atoms with Crippen LogP contribution < -0.4 is 20.9 Å². The molecule has 3 N–H and O–H groups in total. The molecule has 0 fully saturated rings. The Hall–Kier alpha value is -2.97. The molecule has 0 unspecified atom stereocenters. The molecule has 0 spiro atoms. The maximum absolute atomic E-state index is 13.7. The summed E-state index contributed by atoms with van der Waals surface area (Å²) >= 11 is 0. The van der Waals surface area contributed by atoms with E-state index in [0.717, 1.165) is 5.56 Å². The van der Waals surface area contributed by atoms with Gasteiger partial charge in [-0.25, -0.2) is 4.98 Å². The van der Waals surface area contributed by atoms with Crippen molar-refractivity contribution in [2.45, 2.75) is 45.3 Å². The molecule has 3 atom stereocenters. The number of hydrogen-bond acceptors (Lipinski definition) is 5. The summed E-state index contributed by atoms with van der Waals surface area (Å²) in [6.07, 6.45) is 2.23. The smallest absolute Gasteiger partial charge is 0.251 e. The highest BCUT2D eigenvalue weighted by molar-refractivity contribution is 6.01. The number of likely N-dealkylation sites (N-methyl/N-ethyl adjacent to an activating group) is 1. The predicted molar refractivity (Wildman–Crippen MR) is 131 cm³/mol. The van der Waals surface area contributed by atoms with Gasteiger partial charge in [0.05, 0.1) is 12.1 Å². The van der Waals surface area contributed by atoms with Crippen LogP contribution in [0.4, 0.5) is 5.82 Å². The van der Waals surface area contributed by atoms with Crippen LogP contribution in [0.5, 0.6) is 0 Å². The van der Waals surface area contributed by atoms with E-state index in [1.54, 1.807) is 37.2 Å². The number of fused-ring (bicyclic) bond motifs is 1. The number of pyridine rings is 1. The molecule has 1 aliphatic heterocycles. The molecule has 0 aliphatic carbocycles. The first-order valence-corrected chi connectivity index (χ1v) is 10.9. The largest absolute Gasteiger partial charge is 0.350 e. The molecule has 0 saturated carbocycles. The number of rotatable bonds is 8. The number of anilines is 1. The molecule has 8 nitrogen and oxygen atoms in total. The summed E-state index contributed by atoms with van der Waals surface area (Å²) in [4.78, 5) is 44.8. The van der Waals surface area contributed by atoms with Crippen molar-refractivity contribution in [3.05, 3.63) is 59.8 Å². The molecule has 3 rings (SSSR count). The van der Waals surface area contributed by atoms with E-state index in [4.69, 9.17) is 0 Å². The van der Waals surface area contributed by atoms with Gasteiger partial charge in [0.2, 0.25) is 5.91 Å². The molecule has 2 aromatic rings. The van der Waals surface area contributed by atoms with Gasteiger partial charge in [0.25, 0.3) is 11.8 Å². The summed E-state index contributed by atoms with van der Waals surface area (Å²) in [6, 6.07) is 11.3. The van der Waals surface area contributed by atoms with Gasteiger partial charge in [0, 0.05) is 18.3 Å². The van der Waals surface area contributed by atoms with Crippen LogP contribution in [0.2, 0.25) is 0 Å². The molecule has 3 amide bonds. The number of nitrogens with one attached hydrogen (secondary N) is 3. The van der Waals surface area contributed by atoms with Crippen LogP contribution in [0.25, 0.3) is 0 Å². The Bertz CT molecular complexity index is 970. The second-order valence-electron chi connectivity index (χ2n) is 8.37. The van der Waals surface area contributed by atoms with Gasteiger partial charge in [-0.1, -0.05) is 38.1 Å². The minimum absolute atomic E-state index is 0. The lowest BCUT2D eigenvalue weighted by molar-refractivity contribution is -0.129. The Morgan fingerprint density at radius 3 is 2.42 bits per heavy atom. The van der Waals surface area contributed by atoms with Gasteiger partial charge in [-0.2, -0.15) is 0 Å². The van der Waals surface area contributed by atoms with E-state index in [2.05, 4.69) is 20.9 Å². The van der Waals surface area contributed by atoms with Gasteiger partial charge >= 0.3 is 0 Å². The Morgan fingerprint density at radius 2 is 1.79 bits per heavy atom. The first kappa shape index (κ1) is 26.3. The zero-order chi connectivity index (χ0) is 23.3. The van der Waals surface area contributed by atoms with E-state index in [1.165, 1.54) is 0 Å². The van der Waals surface area contributed by atoms with E-state index in [-0.39, 0.29) is 48.6 Å². The number of halogens is 1. The minimum Gasteiger partial charge on any atom is -0.350 e. The molecule has 2 heterocycles. The number of hydrogen-bond donors (Lipinski definition) is 3. The van der Waals surface area contributed by atoms with Gasteiger partial charge in [-0.3, -0.25) is 19.3 Å². The van der Waals surface area contributed by atoms with Crippen molar-refractivity contribution >= 4 is 35.9 Å². The fraction of sp³-hybridized carbons (Fsp3) is 0.417. The zero-order valence-electron chi connectivity index (χ0n) is 19.4. The molecule has 178 valence electrons. The monoisotopic (exact) mass is 473 g/mol. The van der Waals surface area contributed by atoms with Crippen molar-refractivity contribution in [1.82, 2.24) is 20.9 Å². The molecule has 1 aliphatic rings. The van der Waals surface area contributed by atoms with Crippen LogP contribution >= 0.6 is 12.4 Å².